The van der Waals surface area contributed by atoms with Crippen LogP contribution in [0.5, 0.6) is 11.5 Å². The summed E-state index contributed by atoms with van der Waals surface area (Å²) in [5.41, 5.74) is 0.00102. The van der Waals surface area contributed by atoms with E-state index in [0.717, 1.165) is 11.5 Å². The molecule has 1 aromatic carbocycles. The maximum absolute atomic E-state index is 12.3. The minimum Gasteiger partial charge on any atom is -0.486 e. The molecule has 0 aromatic heterocycles. The summed E-state index contributed by atoms with van der Waals surface area (Å²) in [4.78, 5) is 14.2. The van der Waals surface area contributed by atoms with E-state index in [0.29, 0.717) is 26.1 Å². The van der Waals surface area contributed by atoms with E-state index in [2.05, 4.69) is 20.8 Å². The number of benzene rings is 1. The van der Waals surface area contributed by atoms with Crippen LogP contribution in [0.3, 0.4) is 0 Å². The second-order valence-corrected chi connectivity index (χ2v) is 6.67. The summed E-state index contributed by atoms with van der Waals surface area (Å²) in [5, 5.41) is 0. The molecule has 2 rings (SSSR count). The van der Waals surface area contributed by atoms with Crippen LogP contribution in [0.2, 0.25) is 0 Å². The number of ether oxygens (including phenoxy) is 2. The number of likely N-dealkylation sites (N-methyl/N-ethyl adjacent to an activating group) is 1. The van der Waals surface area contributed by atoms with Crippen LogP contribution in [0.4, 0.5) is 0 Å². The Balaban J connectivity index is 1.96. The Labute approximate surface area is 127 Å². The first-order chi connectivity index (χ1) is 9.89. The molecule has 0 fully saturated rings. The third-order valence-corrected chi connectivity index (χ3v) is 3.41. The fourth-order valence-corrected chi connectivity index (χ4v) is 2.37. The smallest absolute Gasteiger partial charge is 0.223 e. The molecule has 0 aliphatic carbocycles. The van der Waals surface area contributed by atoms with Gasteiger partial charge in [0.05, 0.1) is 6.54 Å². The van der Waals surface area contributed by atoms with E-state index in [1.807, 2.05) is 36.1 Å². The Hall–Kier alpha value is -1.71. The van der Waals surface area contributed by atoms with Crippen molar-refractivity contribution in [1.82, 2.24) is 4.90 Å². The fourth-order valence-electron chi connectivity index (χ4n) is 2.37. The highest BCUT2D eigenvalue weighted by atomic mass is 16.6. The number of carbonyl (C=O) groups is 1. The van der Waals surface area contributed by atoms with Crippen molar-refractivity contribution in [2.75, 3.05) is 19.7 Å². The monoisotopic (exact) mass is 291 g/mol. The molecule has 21 heavy (non-hydrogen) atoms. The Morgan fingerprint density at radius 3 is 2.57 bits per heavy atom. The second kappa shape index (κ2) is 6.37. The average molecular weight is 291 g/mol. The zero-order valence-electron chi connectivity index (χ0n) is 13.4. The van der Waals surface area contributed by atoms with Gasteiger partial charge in [0.1, 0.15) is 6.61 Å². The van der Waals surface area contributed by atoms with Crippen molar-refractivity contribution < 1.29 is 14.3 Å². The molecule has 116 valence electrons. The summed E-state index contributed by atoms with van der Waals surface area (Å²) in [5.74, 6) is 1.71. The first kappa shape index (κ1) is 15.7. The van der Waals surface area contributed by atoms with Gasteiger partial charge < -0.3 is 14.4 Å². The molecular formula is C17H25NO3. The average Bonchev–Trinajstić information content (AvgIpc) is 2.42. The maximum atomic E-state index is 12.3. The summed E-state index contributed by atoms with van der Waals surface area (Å²) in [6.07, 6.45) is 0.439. The normalized spacial score (nSPS) is 17.4. The van der Waals surface area contributed by atoms with E-state index in [4.69, 9.17) is 9.47 Å². The van der Waals surface area contributed by atoms with Crippen LogP contribution in [0.1, 0.15) is 34.1 Å². The van der Waals surface area contributed by atoms with E-state index in [-0.39, 0.29) is 17.4 Å². The highest BCUT2D eigenvalue weighted by molar-refractivity contribution is 5.76. The molecule has 1 heterocycles. The van der Waals surface area contributed by atoms with E-state index in [1.165, 1.54) is 0 Å². The highest BCUT2D eigenvalue weighted by Crippen LogP contribution is 2.31. The van der Waals surface area contributed by atoms with Gasteiger partial charge in [-0.15, -0.1) is 0 Å². The summed E-state index contributed by atoms with van der Waals surface area (Å²) in [7, 11) is 0. The number of para-hydroxylation sites is 2. The van der Waals surface area contributed by atoms with Crippen molar-refractivity contribution in [2.45, 2.75) is 40.2 Å². The molecule has 1 unspecified atom stereocenters. The quantitative estimate of drug-likeness (QED) is 0.855. The third-order valence-electron chi connectivity index (χ3n) is 3.41. The number of rotatable bonds is 4. The van der Waals surface area contributed by atoms with Crippen molar-refractivity contribution in [2.24, 2.45) is 5.41 Å². The lowest BCUT2D eigenvalue weighted by Gasteiger charge is -2.32. The number of amides is 1. The van der Waals surface area contributed by atoms with E-state index < -0.39 is 0 Å². The molecule has 0 bridgehead atoms. The number of nitrogens with zero attached hydrogens (tertiary/aromatic N) is 1. The SMILES string of the molecule is CCN(CC1COc2ccccc2O1)C(=O)CC(C)(C)C. The van der Waals surface area contributed by atoms with E-state index in [1.54, 1.807) is 0 Å². The number of fused-ring (bicyclic) bond motifs is 1. The van der Waals surface area contributed by atoms with Gasteiger partial charge in [0.2, 0.25) is 5.91 Å². The Morgan fingerprint density at radius 1 is 1.29 bits per heavy atom. The number of carbonyl (C=O) groups excluding carboxylic acids is 1. The summed E-state index contributed by atoms with van der Waals surface area (Å²) in [6.45, 7) is 9.98. The third kappa shape index (κ3) is 4.38. The highest BCUT2D eigenvalue weighted by Gasteiger charge is 2.26. The molecule has 0 spiro atoms. The van der Waals surface area contributed by atoms with Crippen molar-refractivity contribution >= 4 is 5.91 Å². The van der Waals surface area contributed by atoms with Gasteiger partial charge >= 0.3 is 0 Å². The van der Waals surface area contributed by atoms with E-state index in [9.17, 15) is 4.79 Å². The Bertz CT molecular complexity index is 493. The van der Waals surface area contributed by atoms with Gasteiger partial charge in [0.25, 0.3) is 0 Å². The Morgan fingerprint density at radius 2 is 1.95 bits per heavy atom. The van der Waals surface area contributed by atoms with Crippen molar-refractivity contribution in [1.29, 1.82) is 0 Å². The maximum Gasteiger partial charge on any atom is 0.223 e. The minimum atomic E-state index is -0.108. The van der Waals surface area contributed by atoms with Gasteiger partial charge in [-0.05, 0) is 24.5 Å². The number of hydrogen-bond donors (Lipinski definition) is 0. The largest absolute Gasteiger partial charge is 0.486 e. The van der Waals surface area contributed by atoms with Gasteiger partial charge in [-0.2, -0.15) is 0 Å². The molecule has 0 saturated heterocycles. The molecule has 1 aliphatic heterocycles. The molecule has 1 atom stereocenters. The Kier molecular flexibility index (Phi) is 4.76. The van der Waals surface area contributed by atoms with Crippen LogP contribution >= 0.6 is 0 Å². The van der Waals surface area contributed by atoms with Crippen LogP contribution in [0, 0.1) is 5.41 Å². The van der Waals surface area contributed by atoms with Crippen molar-refractivity contribution in [3.05, 3.63) is 24.3 Å². The second-order valence-electron chi connectivity index (χ2n) is 6.67. The lowest BCUT2D eigenvalue weighted by molar-refractivity contribution is -0.134. The predicted molar refractivity (Wildman–Crippen MR) is 82.7 cm³/mol. The molecule has 0 radical (unpaired) electrons. The first-order valence-corrected chi connectivity index (χ1v) is 7.55. The predicted octanol–water partition coefficient (Wildman–Crippen LogP) is 3.11. The van der Waals surface area contributed by atoms with Crippen LogP contribution in [0.15, 0.2) is 24.3 Å². The topological polar surface area (TPSA) is 38.8 Å². The molecule has 0 saturated carbocycles. The first-order valence-electron chi connectivity index (χ1n) is 7.55. The van der Waals surface area contributed by atoms with Gasteiger partial charge in [0.15, 0.2) is 17.6 Å². The lowest BCUT2D eigenvalue weighted by atomic mass is 9.91. The van der Waals surface area contributed by atoms with Crippen molar-refractivity contribution in [3.8, 4) is 11.5 Å². The van der Waals surface area contributed by atoms with Crippen molar-refractivity contribution in [3.63, 3.8) is 0 Å². The molecule has 1 amide bonds. The van der Waals surface area contributed by atoms with E-state index >= 15 is 0 Å². The molecule has 4 heteroatoms. The molecular weight excluding hydrogens is 266 g/mol. The zero-order chi connectivity index (χ0) is 15.5. The van der Waals surface area contributed by atoms with Gasteiger partial charge in [-0.25, -0.2) is 0 Å². The van der Waals surface area contributed by atoms with Crippen LogP contribution in [-0.2, 0) is 4.79 Å². The zero-order valence-corrected chi connectivity index (χ0v) is 13.4. The summed E-state index contributed by atoms with van der Waals surface area (Å²) in [6, 6.07) is 7.64. The summed E-state index contributed by atoms with van der Waals surface area (Å²) >= 11 is 0. The molecule has 0 N–H and O–H groups in total. The molecule has 4 nitrogen and oxygen atoms in total. The molecule has 1 aromatic rings. The van der Waals surface area contributed by atoms with Gasteiger partial charge in [-0.1, -0.05) is 32.9 Å². The standard InChI is InChI=1S/C17H25NO3/c1-5-18(16(19)10-17(2,3)4)11-13-12-20-14-8-6-7-9-15(14)21-13/h6-9,13H,5,10-12H2,1-4H3. The van der Waals surface area contributed by atoms with Gasteiger partial charge in [0, 0.05) is 13.0 Å². The van der Waals surface area contributed by atoms with Crippen LogP contribution in [-0.4, -0.2) is 36.6 Å². The van der Waals surface area contributed by atoms with Crippen LogP contribution < -0.4 is 9.47 Å². The minimum absolute atomic E-state index is 0.00102. The fraction of sp³-hybridized carbons (Fsp3) is 0.588. The number of hydrogen-bond acceptors (Lipinski definition) is 3. The molecule has 1 aliphatic rings. The van der Waals surface area contributed by atoms with Gasteiger partial charge in [-0.3, -0.25) is 4.79 Å². The summed E-state index contributed by atoms with van der Waals surface area (Å²) < 4.78 is 11.6. The van der Waals surface area contributed by atoms with Crippen LogP contribution in [0.25, 0.3) is 0 Å². The lowest BCUT2D eigenvalue weighted by Crippen LogP contribution is -2.44.